The fraction of sp³-hybridized carbons (Fsp3) is 0.300. The predicted molar refractivity (Wildman–Crippen MR) is 98.7 cm³/mol. The number of hydrogen-bond acceptors (Lipinski definition) is 3. The Hall–Kier alpha value is -2.82. The van der Waals surface area contributed by atoms with E-state index in [-0.39, 0.29) is 30.9 Å². The van der Waals surface area contributed by atoms with Crippen molar-refractivity contribution in [3.05, 3.63) is 59.7 Å². The highest BCUT2D eigenvalue weighted by atomic mass is 16.5. The van der Waals surface area contributed by atoms with E-state index in [1.165, 1.54) is 0 Å². The average Bonchev–Trinajstić information content (AvgIpc) is 2.56. The Kier molecular flexibility index (Phi) is 6.57. The maximum Gasteiger partial charge on any atom is 0.243 e. The van der Waals surface area contributed by atoms with Crippen LogP contribution in [0.1, 0.15) is 25.0 Å². The Morgan fingerprint density at radius 1 is 1.00 bits per heavy atom. The van der Waals surface area contributed by atoms with Crippen LogP contribution >= 0.6 is 0 Å². The van der Waals surface area contributed by atoms with Gasteiger partial charge in [0.15, 0.2) is 0 Å². The SMILES string of the molecule is Cc1ccccc1CC(=O)NCC(=O)Nc1ccc(OC(C)C)cc1. The van der Waals surface area contributed by atoms with Crippen LogP contribution in [0.25, 0.3) is 0 Å². The van der Waals surface area contributed by atoms with Crippen LogP contribution in [0, 0.1) is 6.92 Å². The zero-order valence-corrected chi connectivity index (χ0v) is 14.8. The highest BCUT2D eigenvalue weighted by Gasteiger charge is 2.08. The summed E-state index contributed by atoms with van der Waals surface area (Å²) in [5, 5.41) is 5.38. The van der Waals surface area contributed by atoms with Gasteiger partial charge in [-0.3, -0.25) is 9.59 Å². The number of rotatable bonds is 7. The first-order chi connectivity index (χ1) is 11.9. The molecular formula is C20H24N2O3. The molecule has 0 saturated carbocycles. The van der Waals surface area contributed by atoms with Gasteiger partial charge in [-0.15, -0.1) is 0 Å². The van der Waals surface area contributed by atoms with Crippen molar-refractivity contribution in [2.75, 3.05) is 11.9 Å². The molecule has 132 valence electrons. The zero-order chi connectivity index (χ0) is 18.2. The van der Waals surface area contributed by atoms with E-state index >= 15 is 0 Å². The molecule has 2 amide bonds. The van der Waals surface area contributed by atoms with Crippen molar-refractivity contribution >= 4 is 17.5 Å². The van der Waals surface area contributed by atoms with Crippen LogP contribution in [-0.4, -0.2) is 24.5 Å². The molecule has 25 heavy (non-hydrogen) atoms. The molecule has 0 radical (unpaired) electrons. The molecular weight excluding hydrogens is 316 g/mol. The number of nitrogens with one attached hydrogen (secondary N) is 2. The van der Waals surface area contributed by atoms with E-state index in [2.05, 4.69) is 10.6 Å². The van der Waals surface area contributed by atoms with Crippen molar-refractivity contribution in [1.29, 1.82) is 0 Å². The van der Waals surface area contributed by atoms with Crippen molar-refractivity contribution in [1.82, 2.24) is 5.32 Å². The van der Waals surface area contributed by atoms with E-state index in [1.54, 1.807) is 24.3 Å². The predicted octanol–water partition coefficient (Wildman–Crippen LogP) is 3.08. The Labute approximate surface area is 148 Å². The minimum atomic E-state index is -0.268. The van der Waals surface area contributed by atoms with Gasteiger partial charge in [0.2, 0.25) is 11.8 Å². The smallest absolute Gasteiger partial charge is 0.243 e. The highest BCUT2D eigenvalue weighted by molar-refractivity contribution is 5.94. The van der Waals surface area contributed by atoms with Gasteiger partial charge in [0.1, 0.15) is 5.75 Å². The van der Waals surface area contributed by atoms with Crippen LogP contribution in [0.5, 0.6) is 5.75 Å². The molecule has 0 aromatic heterocycles. The van der Waals surface area contributed by atoms with Crippen molar-refractivity contribution in [3.8, 4) is 5.75 Å². The fourth-order valence-corrected chi connectivity index (χ4v) is 2.32. The van der Waals surface area contributed by atoms with E-state index in [0.717, 1.165) is 16.9 Å². The molecule has 0 aliphatic rings. The second-order valence-electron chi connectivity index (χ2n) is 6.12. The third kappa shape index (κ3) is 6.30. The topological polar surface area (TPSA) is 67.4 Å². The van der Waals surface area contributed by atoms with Gasteiger partial charge < -0.3 is 15.4 Å². The second-order valence-corrected chi connectivity index (χ2v) is 6.12. The summed E-state index contributed by atoms with van der Waals surface area (Å²) >= 11 is 0. The first-order valence-corrected chi connectivity index (χ1v) is 8.32. The van der Waals surface area contributed by atoms with Gasteiger partial charge in [-0.1, -0.05) is 24.3 Å². The maximum absolute atomic E-state index is 12.0. The fourth-order valence-electron chi connectivity index (χ4n) is 2.32. The molecule has 0 bridgehead atoms. The molecule has 0 aliphatic carbocycles. The summed E-state index contributed by atoms with van der Waals surface area (Å²) in [6.07, 6.45) is 0.366. The van der Waals surface area contributed by atoms with Gasteiger partial charge >= 0.3 is 0 Å². The molecule has 0 heterocycles. The van der Waals surface area contributed by atoms with Gasteiger partial charge in [-0.2, -0.15) is 0 Å². The largest absolute Gasteiger partial charge is 0.491 e. The van der Waals surface area contributed by atoms with E-state index < -0.39 is 0 Å². The minimum Gasteiger partial charge on any atom is -0.491 e. The number of carbonyl (C=O) groups excluding carboxylic acids is 2. The van der Waals surface area contributed by atoms with Gasteiger partial charge in [-0.05, 0) is 56.2 Å². The monoisotopic (exact) mass is 340 g/mol. The molecule has 5 heteroatoms. The normalized spacial score (nSPS) is 10.4. The molecule has 2 N–H and O–H groups in total. The van der Waals surface area contributed by atoms with Gasteiger partial charge in [0.05, 0.1) is 19.1 Å². The first-order valence-electron chi connectivity index (χ1n) is 8.32. The standard InChI is InChI=1S/C20H24N2O3/c1-14(2)25-18-10-8-17(9-11-18)22-20(24)13-21-19(23)12-16-7-5-4-6-15(16)3/h4-11,14H,12-13H2,1-3H3,(H,21,23)(H,22,24). The van der Waals surface area contributed by atoms with Crippen LogP contribution < -0.4 is 15.4 Å². The van der Waals surface area contributed by atoms with Gasteiger partial charge in [0.25, 0.3) is 0 Å². The van der Waals surface area contributed by atoms with E-state index in [9.17, 15) is 9.59 Å². The van der Waals surface area contributed by atoms with Crippen molar-refractivity contribution in [3.63, 3.8) is 0 Å². The molecule has 2 aromatic carbocycles. The molecule has 0 unspecified atom stereocenters. The minimum absolute atomic E-state index is 0.0606. The second kappa shape index (κ2) is 8.87. The Balaban J connectivity index is 1.78. The molecule has 0 aliphatic heterocycles. The highest BCUT2D eigenvalue weighted by Crippen LogP contribution is 2.16. The van der Waals surface area contributed by atoms with Crippen LogP contribution in [0.4, 0.5) is 5.69 Å². The lowest BCUT2D eigenvalue weighted by molar-refractivity contribution is -0.123. The summed E-state index contributed by atoms with van der Waals surface area (Å²) in [6, 6.07) is 14.8. The quantitative estimate of drug-likeness (QED) is 0.814. The summed E-state index contributed by atoms with van der Waals surface area (Å²) in [5.41, 5.74) is 2.68. The van der Waals surface area contributed by atoms with E-state index in [1.807, 2.05) is 45.0 Å². The first kappa shape index (κ1) is 18.5. The van der Waals surface area contributed by atoms with Crippen LogP contribution in [0.15, 0.2) is 48.5 Å². The number of hydrogen-bond donors (Lipinski definition) is 2. The van der Waals surface area contributed by atoms with Gasteiger partial charge in [-0.25, -0.2) is 0 Å². The Bertz CT molecular complexity index is 724. The summed E-state index contributed by atoms with van der Waals surface area (Å²) in [5.74, 6) is 0.306. The summed E-state index contributed by atoms with van der Waals surface area (Å²) in [7, 11) is 0. The summed E-state index contributed by atoms with van der Waals surface area (Å²) in [6.45, 7) is 5.81. The molecule has 2 rings (SSSR count). The van der Waals surface area contributed by atoms with Crippen LogP contribution in [-0.2, 0) is 16.0 Å². The number of anilines is 1. The molecule has 5 nitrogen and oxygen atoms in total. The van der Waals surface area contributed by atoms with Crippen molar-refractivity contribution < 1.29 is 14.3 Å². The third-order valence-electron chi connectivity index (χ3n) is 3.57. The molecule has 2 aromatic rings. The number of carbonyl (C=O) groups is 2. The maximum atomic E-state index is 12.0. The lowest BCUT2D eigenvalue weighted by Crippen LogP contribution is -2.33. The lowest BCUT2D eigenvalue weighted by atomic mass is 10.1. The average molecular weight is 340 g/mol. The molecule has 0 atom stereocenters. The number of amides is 2. The lowest BCUT2D eigenvalue weighted by Gasteiger charge is -2.11. The summed E-state index contributed by atoms with van der Waals surface area (Å²) < 4.78 is 5.55. The van der Waals surface area contributed by atoms with Crippen molar-refractivity contribution in [2.24, 2.45) is 0 Å². The Morgan fingerprint density at radius 2 is 1.68 bits per heavy atom. The Morgan fingerprint density at radius 3 is 2.32 bits per heavy atom. The number of aryl methyl sites for hydroxylation is 1. The van der Waals surface area contributed by atoms with Crippen molar-refractivity contribution in [2.45, 2.75) is 33.3 Å². The molecule has 0 spiro atoms. The van der Waals surface area contributed by atoms with Crippen LogP contribution in [0.3, 0.4) is 0 Å². The summed E-state index contributed by atoms with van der Waals surface area (Å²) in [4.78, 5) is 23.9. The third-order valence-corrected chi connectivity index (χ3v) is 3.57. The number of ether oxygens (including phenoxy) is 1. The van der Waals surface area contributed by atoms with Gasteiger partial charge in [0, 0.05) is 5.69 Å². The van der Waals surface area contributed by atoms with E-state index in [4.69, 9.17) is 4.74 Å². The number of benzene rings is 2. The zero-order valence-electron chi connectivity index (χ0n) is 14.8. The molecule has 0 saturated heterocycles. The van der Waals surface area contributed by atoms with Crippen LogP contribution in [0.2, 0.25) is 0 Å². The van der Waals surface area contributed by atoms with E-state index in [0.29, 0.717) is 5.69 Å². The molecule has 0 fully saturated rings.